The van der Waals surface area contributed by atoms with Gasteiger partial charge in [-0.2, -0.15) is 0 Å². The number of hydrogen-bond acceptors (Lipinski definition) is 5. The van der Waals surface area contributed by atoms with Gasteiger partial charge in [-0.05, 0) is 25.2 Å². The summed E-state index contributed by atoms with van der Waals surface area (Å²) in [7, 11) is 3.33. The number of ether oxygens (including phenoxy) is 1. The second kappa shape index (κ2) is 6.25. The molecule has 4 N–H and O–H groups in total. The van der Waals surface area contributed by atoms with Crippen molar-refractivity contribution in [2.75, 3.05) is 38.4 Å². The Kier molecular flexibility index (Phi) is 4.66. The Bertz CT molecular complexity index is 455. The van der Waals surface area contributed by atoms with E-state index in [4.69, 9.17) is 10.5 Å². The minimum absolute atomic E-state index is 0.102. The maximum atomic E-state index is 11.8. The minimum atomic E-state index is -0.102. The first-order chi connectivity index (χ1) is 9.19. The molecule has 0 unspecified atom stereocenters. The van der Waals surface area contributed by atoms with Gasteiger partial charge in [-0.15, -0.1) is 11.3 Å². The summed E-state index contributed by atoms with van der Waals surface area (Å²) >= 11 is 1.46. The molecule has 0 saturated heterocycles. The molecule has 0 radical (unpaired) electrons. The molecule has 0 atom stereocenters. The van der Waals surface area contributed by atoms with E-state index in [-0.39, 0.29) is 5.91 Å². The van der Waals surface area contributed by atoms with Gasteiger partial charge in [-0.25, -0.2) is 0 Å². The van der Waals surface area contributed by atoms with Crippen LogP contribution in [0.5, 0.6) is 0 Å². The summed E-state index contributed by atoms with van der Waals surface area (Å²) in [6, 6.07) is 0. The minimum Gasteiger partial charge on any atom is -0.397 e. The van der Waals surface area contributed by atoms with Crippen molar-refractivity contribution >= 4 is 27.9 Å². The summed E-state index contributed by atoms with van der Waals surface area (Å²) in [5, 5.41) is 7.08. The molecule has 0 aliphatic heterocycles. The van der Waals surface area contributed by atoms with E-state index in [9.17, 15) is 4.79 Å². The Labute approximate surface area is 117 Å². The number of amides is 1. The third-order valence-electron chi connectivity index (χ3n) is 3.21. The second-order valence-corrected chi connectivity index (χ2v) is 5.73. The zero-order valence-corrected chi connectivity index (χ0v) is 12.2. The average Bonchev–Trinajstić information content (AvgIpc) is 3.19. The number of nitrogen functional groups attached to an aromatic ring is 1. The number of nitrogens with two attached hydrogens (primary N) is 1. The molecule has 1 fully saturated rings. The molecule has 0 spiro atoms. The van der Waals surface area contributed by atoms with Crippen molar-refractivity contribution in [1.29, 1.82) is 0 Å². The van der Waals surface area contributed by atoms with E-state index in [0.717, 1.165) is 30.1 Å². The highest BCUT2D eigenvalue weighted by molar-refractivity contribution is 7.18. The average molecular weight is 283 g/mol. The van der Waals surface area contributed by atoms with Crippen LogP contribution in [0.4, 0.5) is 10.7 Å². The first-order valence-corrected chi connectivity index (χ1v) is 7.37. The molecule has 1 aliphatic rings. The Balaban J connectivity index is 2.14. The van der Waals surface area contributed by atoms with E-state index in [2.05, 4.69) is 10.6 Å². The highest BCUT2D eigenvalue weighted by atomic mass is 32.1. The van der Waals surface area contributed by atoms with Gasteiger partial charge in [0.15, 0.2) is 0 Å². The van der Waals surface area contributed by atoms with Gasteiger partial charge >= 0.3 is 0 Å². The third kappa shape index (κ3) is 3.19. The van der Waals surface area contributed by atoms with Crippen molar-refractivity contribution in [2.45, 2.75) is 25.2 Å². The highest BCUT2D eigenvalue weighted by Gasteiger charge is 2.32. The SMILES string of the molecule is CNC(=O)c1sc(NCCCOC)c(C2CC2)c1N. The van der Waals surface area contributed by atoms with Crippen LogP contribution in [0.2, 0.25) is 0 Å². The summed E-state index contributed by atoms with van der Waals surface area (Å²) in [5.41, 5.74) is 7.93. The molecule has 2 rings (SSSR count). The van der Waals surface area contributed by atoms with E-state index in [1.165, 1.54) is 24.2 Å². The number of nitrogens with one attached hydrogen (secondary N) is 2. The molecule has 0 aromatic carbocycles. The fraction of sp³-hybridized carbons (Fsp3) is 0.615. The first kappa shape index (κ1) is 14.1. The number of thiophene rings is 1. The summed E-state index contributed by atoms with van der Waals surface area (Å²) < 4.78 is 5.03. The monoisotopic (exact) mass is 283 g/mol. The smallest absolute Gasteiger partial charge is 0.263 e. The van der Waals surface area contributed by atoms with Crippen molar-refractivity contribution in [3.63, 3.8) is 0 Å². The molecular formula is C13H21N3O2S. The second-order valence-electron chi connectivity index (χ2n) is 4.71. The lowest BCUT2D eigenvalue weighted by atomic mass is 10.1. The van der Waals surface area contributed by atoms with Crippen molar-refractivity contribution in [1.82, 2.24) is 5.32 Å². The number of methoxy groups -OCH3 is 1. The van der Waals surface area contributed by atoms with E-state index >= 15 is 0 Å². The van der Waals surface area contributed by atoms with Crippen LogP contribution in [-0.4, -0.2) is 33.2 Å². The van der Waals surface area contributed by atoms with Crippen molar-refractivity contribution in [3.05, 3.63) is 10.4 Å². The predicted octanol–water partition coefficient (Wildman–Crippen LogP) is 2.02. The molecular weight excluding hydrogens is 262 g/mol. The van der Waals surface area contributed by atoms with Gasteiger partial charge in [-0.3, -0.25) is 4.79 Å². The van der Waals surface area contributed by atoms with Crippen molar-refractivity contribution in [3.8, 4) is 0 Å². The van der Waals surface area contributed by atoms with Gasteiger partial charge in [0.05, 0.1) is 10.7 Å². The lowest BCUT2D eigenvalue weighted by Gasteiger charge is -2.06. The standard InChI is InChI=1S/C13H21N3O2S/c1-15-12(17)11-10(14)9(8-4-5-8)13(19-11)16-6-3-7-18-2/h8,16H,3-7,14H2,1-2H3,(H,15,17). The summed E-state index contributed by atoms with van der Waals surface area (Å²) in [6.07, 6.45) is 3.27. The normalized spacial score (nSPS) is 14.4. The molecule has 106 valence electrons. The molecule has 19 heavy (non-hydrogen) atoms. The number of anilines is 2. The molecule has 5 nitrogen and oxygen atoms in total. The summed E-state index contributed by atoms with van der Waals surface area (Å²) in [4.78, 5) is 12.4. The largest absolute Gasteiger partial charge is 0.397 e. The summed E-state index contributed by atoms with van der Waals surface area (Å²) in [6.45, 7) is 1.57. The van der Waals surface area contributed by atoms with E-state index in [1.54, 1.807) is 14.2 Å². The van der Waals surface area contributed by atoms with E-state index in [0.29, 0.717) is 16.5 Å². The number of carbonyl (C=O) groups excluding carboxylic acids is 1. The van der Waals surface area contributed by atoms with Crippen LogP contribution >= 0.6 is 11.3 Å². The number of rotatable bonds is 7. The topological polar surface area (TPSA) is 76.4 Å². The first-order valence-electron chi connectivity index (χ1n) is 6.56. The van der Waals surface area contributed by atoms with Gasteiger partial charge in [0.1, 0.15) is 4.88 Å². The molecule has 1 aliphatic carbocycles. The van der Waals surface area contributed by atoms with Gasteiger partial charge in [0.2, 0.25) is 0 Å². The molecule has 6 heteroatoms. The maximum absolute atomic E-state index is 11.8. The molecule has 1 saturated carbocycles. The lowest BCUT2D eigenvalue weighted by Crippen LogP contribution is -2.17. The van der Waals surface area contributed by atoms with Crippen molar-refractivity contribution < 1.29 is 9.53 Å². The van der Waals surface area contributed by atoms with Gasteiger partial charge in [0.25, 0.3) is 5.91 Å². The Morgan fingerprint density at radius 2 is 2.26 bits per heavy atom. The van der Waals surface area contributed by atoms with Gasteiger partial charge in [0, 0.05) is 32.9 Å². The lowest BCUT2D eigenvalue weighted by molar-refractivity contribution is 0.0968. The molecule has 1 aromatic rings. The number of hydrogen-bond donors (Lipinski definition) is 3. The molecule has 1 heterocycles. The zero-order valence-electron chi connectivity index (χ0n) is 11.4. The van der Waals surface area contributed by atoms with Crippen molar-refractivity contribution in [2.24, 2.45) is 0 Å². The highest BCUT2D eigenvalue weighted by Crippen LogP contribution is 2.50. The Hall–Kier alpha value is -1.27. The van der Waals surface area contributed by atoms with Crippen LogP contribution in [0.25, 0.3) is 0 Å². The molecule has 1 aromatic heterocycles. The molecule has 1 amide bonds. The Morgan fingerprint density at radius 3 is 2.84 bits per heavy atom. The fourth-order valence-corrected chi connectivity index (χ4v) is 3.25. The van der Waals surface area contributed by atoms with Crippen LogP contribution < -0.4 is 16.4 Å². The Morgan fingerprint density at radius 1 is 1.53 bits per heavy atom. The van der Waals surface area contributed by atoms with E-state index < -0.39 is 0 Å². The van der Waals surface area contributed by atoms with Crippen LogP contribution in [0.3, 0.4) is 0 Å². The van der Waals surface area contributed by atoms with Crippen LogP contribution in [0.1, 0.15) is 40.4 Å². The van der Waals surface area contributed by atoms with Crippen LogP contribution in [0.15, 0.2) is 0 Å². The van der Waals surface area contributed by atoms with E-state index in [1.807, 2.05) is 0 Å². The number of carbonyl (C=O) groups is 1. The maximum Gasteiger partial charge on any atom is 0.263 e. The predicted molar refractivity (Wildman–Crippen MR) is 79.1 cm³/mol. The fourth-order valence-electron chi connectivity index (χ4n) is 2.07. The van der Waals surface area contributed by atoms with Gasteiger partial charge in [-0.1, -0.05) is 0 Å². The molecule has 0 bridgehead atoms. The zero-order chi connectivity index (χ0) is 13.8. The van der Waals surface area contributed by atoms with Gasteiger partial charge < -0.3 is 21.1 Å². The van der Waals surface area contributed by atoms with Crippen LogP contribution in [-0.2, 0) is 4.74 Å². The quantitative estimate of drug-likeness (QED) is 0.669. The van der Waals surface area contributed by atoms with Crippen LogP contribution in [0, 0.1) is 0 Å². The summed E-state index contributed by atoms with van der Waals surface area (Å²) in [5.74, 6) is 0.425. The third-order valence-corrected chi connectivity index (χ3v) is 4.39.